The number of piperazine rings is 1. The van der Waals surface area contributed by atoms with E-state index in [4.69, 9.17) is 0 Å². The number of thiophene rings is 1. The molecule has 0 bridgehead atoms. The highest BCUT2D eigenvalue weighted by Gasteiger charge is 2.31. The molecule has 2 aromatic heterocycles. The van der Waals surface area contributed by atoms with Crippen molar-refractivity contribution < 1.29 is 13.2 Å². The van der Waals surface area contributed by atoms with Crippen LogP contribution in [0.15, 0.2) is 27.8 Å². The van der Waals surface area contributed by atoms with Crippen LogP contribution in [-0.2, 0) is 10.0 Å². The Kier molecular flexibility index (Phi) is 4.31. The largest absolute Gasteiger partial charge is 0.362 e. The molecule has 0 aromatic carbocycles. The minimum absolute atomic E-state index is 0.0416. The van der Waals surface area contributed by atoms with E-state index in [-0.39, 0.29) is 5.91 Å². The number of nitrogens with zero attached hydrogens (tertiary/aromatic N) is 2. The summed E-state index contributed by atoms with van der Waals surface area (Å²) in [6, 6.07) is 5.18. The van der Waals surface area contributed by atoms with E-state index in [1.807, 2.05) is 19.9 Å². The summed E-state index contributed by atoms with van der Waals surface area (Å²) in [7, 11) is -3.43. The fourth-order valence-electron chi connectivity index (χ4n) is 2.79. The van der Waals surface area contributed by atoms with Crippen molar-refractivity contribution in [3.8, 4) is 0 Å². The number of hydrogen-bond donors (Lipinski definition) is 1. The van der Waals surface area contributed by atoms with Gasteiger partial charge in [0, 0.05) is 37.6 Å². The zero-order valence-corrected chi connectivity index (χ0v) is 14.7. The Morgan fingerprint density at radius 2 is 1.91 bits per heavy atom. The lowest BCUT2D eigenvalue weighted by molar-refractivity contribution is 0.0697. The van der Waals surface area contributed by atoms with Gasteiger partial charge in [0.2, 0.25) is 0 Å². The SMILES string of the molecule is Cc1cc(C(=O)N2CCN(S(=O)(=O)c3cccs3)CC2)c(C)[nH]1. The molecule has 1 fully saturated rings. The van der Waals surface area contributed by atoms with Crippen LogP contribution in [0.2, 0.25) is 0 Å². The van der Waals surface area contributed by atoms with Crippen LogP contribution in [0.25, 0.3) is 0 Å². The first-order chi connectivity index (χ1) is 10.9. The highest BCUT2D eigenvalue weighted by Crippen LogP contribution is 2.22. The monoisotopic (exact) mass is 353 g/mol. The van der Waals surface area contributed by atoms with Gasteiger partial charge in [-0.25, -0.2) is 8.42 Å². The van der Waals surface area contributed by atoms with Gasteiger partial charge in [-0.05, 0) is 31.4 Å². The second-order valence-corrected chi connectivity index (χ2v) is 8.73. The molecule has 1 aliphatic rings. The Hall–Kier alpha value is -1.64. The van der Waals surface area contributed by atoms with Crippen molar-refractivity contribution in [3.63, 3.8) is 0 Å². The predicted octanol–water partition coefficient (Wildman–Crippen LogP) is 1.84. The van der Waals surface area contributed by atoms with E-state index in [1.165, 1.54) is 15.6 Å². The van der Waals surface area contributed by atoms with Gasteiger partial charge in [-0.3, -0.25) is 4.79 Å². The molecule has 1 aliphatic heterocycles. The molecule has 3 rings (SSSR count). The third kappa shape index (κ3) is 3.06. The fourth-order valence-corrected chi connectivity index (χ4v) is 5.35. The van der Waals surface area contributed by atoms with Crippen molar-refractivity contribution in [2.24, 2.45) is 0 Å². The van der Waals surface area contributed by atoms with Crippen molar-refractivity contribution in [1.82, 2.24) is 14.2 Å². The van der Waals surface area contributed by atoms with Crippen molar-refractivity contribution >= 4 is 27.3 Å². The van der Waals surface area contributed by atoms with Crippen molar-refractivity contribution in [2.45, 2.75) is 18.1 Å². The molecule has 23 heavy (non-hydrogen) atoms. The van der Waals surface area contributed by atoms with E-state index in [9.17, 15) is 13.2 Å². The van der Waals surface area contributed by atoms with Gasteiger partial charge in [-0.15, -0.1) is 11.3 Å². The zero-order chi connectivity index (χ0) is 16.6. The third-order valence-electron chi connectivity index (χ3n) is 4.00. The summed E-state index contributed by atoms with van der Waals surface area (Å²) < 4.78 is 26.8. The molecule has 8 heteroatoms. The highest BCUT2D eigenvalue weighted by molar-refractivity contribution is 7.91. The Bertz CT molecular complexity index is 801. The molecular weight excluding hydrogens is 334 g/mol. The smallest absolute Gasteiger partial charge is 0.255 e. The minimum Gasteiger partial charge on any atom is -0.362 e. The molecule has 6 nitrogen and oxygen atoms in total. The van der Waals surface area contributed by atoms with Crippen LogP contribution in [0.3, 0.4) is 0 Å². The maximum absolute atomic E-state index is 12.6. The van der Waals surface area contributed by atoms with Crippen LogP contribution in [0.1, 0.15) is 21.7 Å². The van der Waals surface area contributed by atoms with E-state index >= 15 is 0 Å². The summed E-state index contributed by atoms with van der Waals surface area (Å²) in [5.74, 6) is -0.0416. The number of sulfonamides is 1. The fraction of sp³-hybridized carbons (Fsp3) is 0.400. The zero-order valence-electron chi connectivity index (χ0n) is 13.1. The first-order valence-corrected chi connectivity index (χ1v) is 9.70. The Morgan fingerprint density at radius 3 is 2.43 bits per heavy atom. The quantitative estimate of drug-likeness (QED) is 0.915. The number of hydrogen-bond acceptors (Lipinski definition) is 4. The van der Waals surface area contributed by atoms with Crippen molar-refractivity contribution in [2.75, 3.05) is 26.2 Å². The van der Waals surface area contributed by atoms with Crippen molar-refractivity contribution in [1.29, 1.82) is 0 Å². The van der Waals surface area contributed by atoms with Gasteiger partial charge >= 0.3 is 0 Å². The molecule has 0 atom stereocenters. The van der Waals surface area contributed by atoms with Gasteiger partial charge in [-0.1, -0.05) is 6.07 Å². The summed E-state index contributed by atoms with van der Waals surface area (Å²) in [6.45, 7) is 5.26. The number of H-pyrrole nitrogens is 1. The standard InChI is InChI=1S/C15H19N3O3S2/c1-11-10-13(12(2)16-11)15(19)17-5-7-18(8-6-17)23(20,21)14-4-3-9-22-14/h3-4,9-10,16H,5-8H2,1-2H3. The maximum Gasteiger partial charge on any atom is 0.255 e. The Balaban J connectivity index is 1.69. The molecule has 1 saturated heterocycles. The van der Waals surface area contributed by atoms with E-state index in [0.717, 1.165) is 11.4 Å². The third-order valence-corrected chi connectivity index (χ3v) is 7.27. The van der Waals surface area contributed by atoms with E-state index < -0.39 is 10.0 Å². The first kappa shape index (κ1) is 16.2. The van der Waals surface area contributed by atoms with E-state index in [1.54, 1.807) is 22.4 Å². The van der Waals surface area contributed by atoms with Crippen LogP contribution in [-0.4, -0.2) is 54.7 Å². The number of rotatable bonds is 3. The lowest BCUT2D eigenvalue weighted by Gasteiger charge is -2.33. The summed E-state index contributed by atoms with van der Waals surface area (Å²) in [6.07, 6.45) is 0. The molecule has 3 heterocycles. The molecular formula is C15H19N3O3S2. The predicted molar refractivity (Wildman–Crippen MR) is 89.2 cm³/mol. The maximum atomic E-state index is 12.6. The van der Waals surface area contributed by atoms with Crippen LogP contribution in [0, 0.1) is 13.8 Å². The number of aryl methyl sites for hydroxylation is 2. The average Bonchev–Trinajstić information content (AvgIpc) is 3.17. The van der Waals surface area contributed by atoms with Gasteiger partial charge in [0.05, 0.1) is 5.56 Å². The average molecular weight is 353 g/mol. The number of aromatic amines is 1. The summed E-state index contributed by atoms with van der Waals surface area (Å²) in [5.41, 5.74) is 2.46. The lowest BCUT2D eigenvalue weighted by atomic mass is 10.2. The summed E-state index contributed by atoms with van der Waals surface area (Å²) in [5, 5.41) is 1.75. The Morgan fingerprint density at radius 1 is 1.22 bits per heavy atom. The highest BCUT2D eigenvalue weighted by atomic mass is 32.2. The van der Waals surface area contributed by atoms with Gasteiger partial charge in [0.25, 0.3) is 15.9 Å². The molecule has 0 saturated carbocycles. The normalized spacial score (nSPS) is 16.7. The number of carbonyl (C=O) groups is 1. The van der Waals surface area contributed by atoms with Crippen LogP contribution in [0.4, 0.5) is 0 Å². The molecule has 1 amide bonds. The molecule has 0 aliphatic carbocycles. The minimum atomic E-state index is -3.43. The van der Waals surface area contributed by atoms with Gasteiger partial charge in [0.1, 0.15) is 4.21 Å². The number of amides is 1. The topological polar surface area (TPSA) is 73.5 Å². The Labute approximate surface area is 139 Å². The molecule has 124 valence electrons. The van der Waals surface area contributed by atoms with Gasteiger partial charge in [-0.2, -0.15) is 4.31 Å². The number of nitrogens with one attached hydrogen (secondary N) is 1. The van der Waals surface area contributed by atoms with Crippen molar-refractivity contribution in [3.05, 3.63) is 40.5 Å². The summed E-state index contributed by atoms with van der Waals surface area (Å²) in [4.78, 5) is 17.4. The van der Waals surface area contributed by atoms with Crippen LogP contribution < -0.4 is 0 Å². The lowest BCUT2D eigenvalue weighted by Crippen LogP contribution is -2.50. The first-order valence-electron chi connectivity index (χ1n) is 7.39. The molecule has 0 spiro atoms. The molecule has 0 radical (unpaired) electrons. The van der Waals surface area contributed by atoms with Gasteiger partial charge in [0.15, 0.2) is 0 Å². The number of carbonyl (C=O) groups excluding carboxylic acids is 1. The van der Waals surface area contributed by atoms with E-state index in [2.05, 4.69) is 4.98 Å². The van der Waals surface area contributed by atoms with Crippen LogP contribution in [0.5, 0.6) is 0 Å². The second-order valence-electron chi connectivity index (χ2n) is 5.62. The molecule has 1 N–H and O–H groups in total. The molecule has 2 aromatic rings. The number of aromatic nitrogens is 1. The van der Waals surface area contributed by atoms with Crippen LogP contribution >= 0.6 is 11.3 Å². The van der Waals surface area contributed by atoms with E-state index in [0.29, 0.717) is 36.0 Å². The van der Waals surface area contributed by atoms with Gasteiger partial charge < -0.3 is 9.88 Å². The summed E-state index contributed by atoms with van der Waals surface area (Å²) >= 11 is 1.22. The second kappa shape index (κ2) is 6.10. The molecule has 0 unspecified atom stereocenters.